The van der Waals surface area contributed by atoms with Crippen LogP contribution >= 0.6 is 0 Å². The summed E-state index contributed by atoms with van der Waals surface area (Å²) in [6.45, 7) is 4.97. The maximum Gasteiger partial charge on any atom is 0.105 e. The first-order valence-corrected chi connectivity index (χ1v) is 4.58. The lowest BCUT2D eigenvalue weighted by atomic mass is 10.2. The SMILES string of the molecule is Cc1occc1CNCCN(C)C. The van der Waals surface area contributed by atoms with E-state index in [4.69, 9.17) is 4.42 Å². The van der Waals surface area contributed by atoms with E-state index in [9.17, 15) is 0 Å². The van der Waals surface area contributed by atoms with Crippen LogP contribution in [-0.2, 0) is 6.54 Å². The second kappa shape index (κ2) is 5.04. The van der Waals surface area contributed by atoms with Crippen molar-refractivity contribution < 1.29 is 4.42 Å². The van der Waals surface area contributed by atoms with Gasteiger partial charge in [0.25, 0.3) is 0 Å². The number of nitrogens with zero attached hydrogens (tertiary/aromatic N) is 1. The van der Waals surface area contributed by atoms with E-state index in [1.54, 1.807) is 6.26 Å². The van der Waals surface area contributed by atoms with Crippen LogP contribution in [0, 0.1) is 6.92 Å². The minimum absolute atomic E-state index is 0.899. The highest BCUT2D eigenvalue weighted by Crippen LogP contribution is 2.07. The van der Waals surface area contributed by atoms with Crippen molar-refractivity contribution in [2.24, 2.45) is 0 Å². The van der Waals surface area contributed by atoms with Gasteiger partial charge in [-0.15, -0.1) is 0 Å². The Morgan fingerprint density at radius 2 is 2.23 bits per heavy atom. The molecule has 0 aliphatic carbocycles. The van der Waals surface area contributed by atoms with Gasteiger partial charge < -0.3 is 14.6 Å². The van der Waals surface area contributed by atoms with E-state index in [0.29, 0.717) is 0 Å². The molecule has 1 heterocycles. The monoisotopic (exact) mass is 182 g/mol. The van der Waals surface area contributed by atoms with Crippen molar-refractivity contribution in [3.8, 4) is 0 Å². The van der Waals surface area contributed by atoms with Crippen molar-refractivity contribution in [3.63, 3.8) is 0 Å². The molecule has 0 fully saturated rings. The third-order valence-corrected chi connectivity index (χ3v) is 2.02. The minimum atomic E-state index is 0.899. The van der Waals surface area contributed by atoms with E-state index in [2.05, 4.69) is 24.3 Å². The van der Waals surface area contributed by atoms with Gasteiger partial charge in [0.15, 0.2) is 0 Å². The summed E-state index contributed by atoms with van der Waals surface area (Å²) in [5, 5.41) is 3.36. The molecule has 3 nitrogen and oxygen atoms in total. The first-order chi connectivity index (χ1) is 6.20. The van der Waals surface area contributed by atoms with Crippen LogP contribution < -0.4 is 5.32 Å². The Labute approximate surface area is 79.7 Å². The topological polar surface area (TPSA) is 28.4 Å². The third kappa shape index (κ3) is 3.61. The number of rotatable bonds is 5. The highest BCUT2D eigenvalue weighted by atomic mass is 16.3. The highest BCUT2D eigenvalue weighted by molar-refractivity contribution is 5.14. The summed E-state index contributed by atoms with van der Waals surface area (Å²) in [6.07, 6.45) is 1.73. The van der Waals surface area contributed by atoms with E-state index < -0.39 is 0 Å². The van der Waals surface area contributed by atoms with Crippen LogP contribution in [0.1, 0.15) is 11.3 Å². The zero-order valence-electron chi connectivity index (χ0n) is 8.63. The lowest BCUT2D eigenvalue weighted by Gasteiger charge is -2.09. The number of nitrogens with one attached hydrogen (secondary N) is 1. The van der Waals surface area contributed by atoms with Gasteiger partial charge >= 0.3 is 0 Å². The van der Waals surface area contributed by atoms with Crippen molar-refractivity contribution in [2.45, 2.75) is 13.5 Å². The summed E-state index contributed by atoms with van der Waals surface area (Å²) in [7, 11) is 4.15. The van der Waals surface area contributed by atoms with Crippen LogP contribution in [-0.4, -0.2) is 32.1 Å². The molecule has 0 aliphatic heterocycles. The predicted molar refractivity (Wildman–Crippen MR) is 53.7 cm³/mol. The molecule has 74 valence electrons. The van der Waals surface area contributed by atoms with E-state index in [1.807, 2.05) is 13.0 Å². The molecule has 0 radical (unpaired) electrons. The molecule has 0 saturated heterocycles. The molecule has 1 aromatic rings. The average molecular weight is 182 g/mol. The normalized spacial score (nSPS) is 11.1. The summed E-state index contributed by atoms with van der Waals surface area (Å²) in [4.78, 5) is 2.16. The van der Waals surface area contributed by atoms with Gasteiger partial charge in [-0.1, -0.05) is 0 Å². The second-order valence-electron chi connectivity index (χ2n) is 3.48. The van der Waals surface area contributed by atoms with Gasteiger partial charge in [0.2, 0.25) is 0 Å². The number of likely N-dealkylation sites (N-methyl/N-ethyl adjacent to an activating group) is 1. The van der Waals surface area contributed by atoms with Crippen LogP contribution in [0.5, 0.6) is 0 Å². The summed E-state index contributed by atoms with van der Waals surface area (Å²) >= 11 is 0. The molecule has 1 aromatic heterocycles. The van der Waals surface area contributed by atoms with Crippen LogP contribution in [0.3, 0.4) is 0 Å². The lowest BCUT2D eigenvalue weighted by molar-refractivity contribution is 0.399. The molecule has 0 spiro atoms. The van der Waals surface area contributed by atoms with Crippen LogP contribution in [0.25, 0.3) is 0 Å². The Balaban J connectivity index is 2.17. The van der Waals surface area contributed by atoms with Gasteiger partial charge in [-0.25, -0.2) is 0 Å². The molecule has 0 amide bonds. The van der Waals surface area contributed by atoms with Gasteiger partial charge in [-0.05, 0) is 27.1 Å². The Bertz CT molecular complexity index is 243. The van der Waals surface area contributed by atoms with Gasteiger partial charge in [-0.3, -0.25) is 0 Å². The van der Waals surface area contributed by atoms with Gasteiger partial charge in [0.05, 0.1) is 6.26 Å². The summed E-state index contributed by atoms with van der Waals surface area (Å²) in [5.74, 6) is 1.01. The standard InChI is InChI=1S/C10H18N2O/c1-9-10(4-7-13-9)8-11-5-6-12(2)3/h4,7,11H,5-6,8H2,1-3H3. The molecule has 3 heteroatoms. The van der Waals surface area contributed by atoms with Crippen molar-refractivity contribution in [3.05, 3.63) is 23.7 Å². The summed E-state index contributed by atoms with van der Waals surface area (Å²) in [5.41, 5.74) is 1.25. The van der Waals surface area contributed by atoms with Crippen molar-refractivity contribution in [2.75, 3.05) is 27.2 Å². The van der Waals surface area contributed by atoms with Crippen molar-refractivity contribution >= 4 is 0 Å². The smallest absolute Gasteiger partial charge is 0.105 e. The largest absolute Gasteiger partial charge is 0.469 e. The minimum Gasteiger partial charge on any atom is -0.469 e. The molecular formula is C10H18N2O. The van der Waals surface area contributed by atoms with Crippen LogP contribution in [0.2, 0.25) is 0 Å². The molecule has 0 aromatic carbocycles. The van der Waals surface area contributed by atoms with E-state index in [0.717, 1.165) is 25.4 Å². The van der Waals surface area contributed by atoms with Crippen LogP contribution in [0.15, 0.2) is 16.7 Å². The average Bonchev–Trinajstić information content (AvgIpc) is 2.45. The third-order valence-electron chi connectivity index (χ3n) is 2.02. The summed E-state index contributed by atoms with van der Waals surface area (Å²) in [6, 6.07) is 2.01. The zero-order chi connectivity index (χ0) is 9.68. The highest BCUT2D eigenvalue weighted by Gasteiger charge is 1.99. The predicted octanol–water partition coefficient (Wildman–Crippen LogP) is 1.24. The lowest BCUT2D eigenvalue weighted by Crippen LogP contribution is -2.26. The first kappa shape index (κ1) is 10.3. The Morgan fingerprint density at radius 1 is 1.46 bits per heavy atom. The fraction of sp³-hybridized carbons (Fsp3) is 0.600. The second-order valence-corrected chi connectivity index (χ2v) is 3.48. The molecule has 1 rings (SSSR count). The quantitative estimate of drug-likeness (QED) is 0.694. The molecule has 0 unspecified atom stereocenters. The van der Waals surface area contributed by atoms with E-state index in [-0.39, 0.29) is 0 Å². The first-order valence-electron chi connectivity index (χ1n) is 4.58. The fourth-order valence-electron chi connectivity index (χ4n) is 1.12. The molecule has 0 saturated carbocycles. The van der Waals surface area contributed by atoms with Crippen LogP contribution in [0.4, 0.5) is 0 Å². The zero-order valence-corrected chi connectivity index (χ0v) is 8.63. The Kier molecular flexibility index (Phi) is 3.99. The number of furan rings is 1. The van der Waals surface area contributed by atoms with E-state index in [1.165, 1.54) is 5.56 Å². The summed E-state index contributed by atoms with van der Waals surface area (Å²) < 4.78 is 5.19. The molecule has 0 aliphatic rings. The maximum atomic E-state index is 5.19. The van der Waals surface area contributed by atoms with Crippen molar-refractivity contribution in [1.82, 2.24) is 10.2 Å². The number of hydrogen-bond acceptors (Lipinski definition) is 3. The molecule has 1 N–H and O–H groups in total. The fourth-order valence-corrected chi connectivity index (χ4v) is 1.12. The molecular weight excluding hydrogens is 164 g/mol. The molecule has 0 atom stereocenters. The number of hydrogen-bond donors (Lipinski definition) is 1. The number of aryl methyl sites for hydroxylation is 1. The van der Waals surface area contributed by atoms with Gasteiger partial charge in [0, 0.05) is 25.2 Å². The molecule has 0 bridgehead atoms. The molecule has 13 heavy (non-hydrogen) atoms. The van der Waals surface area contributed by atoms with Gasteiger partial charge in [-0.2, -0.15) is 0 Å². The Hall–Kier alpha value is -0.800. The van der Waals surface area contributed by atoms with Crippen molar-refractivity contribution in [1.29, 1.82) is 0 Å². The van der Waals surface area contributed by atoms with Gasteiger partial charge in [0.1, 0.15) is 5.76 Å². The maximum absolute atomic E-state index is 5.19. The Morgan fingerprint density at radius 3 is 2.77 bits per heavy atom. The van der Waals surface area contributed by atoms with E-state index >= 15 is 0 Å².